The summed E-state index contributed by atoms with van der Waals surface area (Å²) >= 11 is 0. The number of aliphatic hydroxyl groups excluding tert-OH is 2. The molecule has 0 radical (unpaired) electrons. The fourth-order valence-corrected chi connectivity index (χ4v) is 0.341. The van der Waals surface area contributed by atoms with Crippen LogP contribution in [0.5, 0.6) is 0 Å². The Morgan fingerprint density at radius 3 is 1.86 bits per heavy atom. The van der Waals surface area contributed by atoms with Crippen molar-refractivity contribution < 1.29 is 10.2 Å². The maximum atomic E-state index is 8.69. The second-order valence-corrected chi connectivity index (χ2v) is 1.72. The van der Waals surface area contributed by atoms with E-state index in [-0.39, 0.29) is 0 Å². The van der Waals surface area contributed by atoms with E-state index in [2.05, 4.69) is 0 Å². The van der Waals surface area contributed by atoms with E-state index in [4.69, 9.17) is 10.2 Å². The number of rotatable bonds is 2. The molecule has 44 valence electrons. The molecule has 0 spiro atoms. The minimum absolute atomic E-state index is 0.542. The van der Waals surface area contributed by atoms with Crippen LogP contribution in [0.25, 0.3) is 0 Å². The lowest BCUT2D eigenvalue weighted by atomic mass is 10.2. The van der Waals surface area contributed by atoms with Crippen LogP contribution in [0.2, 0.25) is 0 Å². The lowest BCUT2D eigenvalue weighted by Crippen LogP contribution is -2.20. The molecule has 0 heterocycles. The minimum Gasteiger partial charge on any atom is -0.391 e. The fourth-order valence-electron chi connectivity index (χ4n) is 0.341. The molecule has 0 aliphatic rings. The first-order valence-corrected chi connectivity index (χ1v) is 2.54. The zero-order valence-corrected chi connectivity index (χ0v) is 4.76. The highest BCUT2D eigenvalue weighted by molar-refractivity contribution is 4.56. The standard InChI is InChI=1S/C5H12O2/c1-3-5(7)4(2)6/h4-7H,3H2,1-2H3/t4?,5-/m0/s1. The van der Waals surface area contributed by atoms with Crippen LogP contribution in [0.1, 0.15) is 20.3 Å². The monoisotopic (exact) mass is 104 g/mol. The van der Waals surface area contributed by atoms with E-state index in [1.807, 2.05) is 6.92 Å². The predicted molar refractivity (Wildman–Crippen MR) is 28.0 cm³/mol. The van der Waals surface area contributed by atoms with Crippen molar-refractivity contribution in [3.8, 4) is 0 Å². The van der Waals surface area contributed by atoms with Gasteiger partial charge in [0.2, 0.25) is 0 Å². The van der Waals surface area contributed by atoms with Crippen molar-refractivity contribution in [2.75, 3.05) is 0 Å². The van der Waals surface area contributed by atoms with Crippen LogP contribution in [0.3, 0.4) is 0 Å². The molecule has 2 nitrogen and oxygen atoms in total. The van der Waals surface area contributed by atoms with E-state index in [0.717, 1.165) is 0 Å². The SMILES string of the molecule is CC[C@H](O)C(C)O. The lowest BCUT2D eigenvalue weighted by Gasteiger charge is -2.08. The molecule has 0 bridgehead atoms. The van der Waals surface area contributed by atoms with Gasteiger partial charge in [-0.1, -0.05) is 6.92 Å². The molecule has 2 atom stereocenters. The highest BCUT2D eigenvalue weighted by atomic mass is 16.3. The molecule has 2 heteroatoms. The number of hydrogen-bond acceptors (Lipinski definition) is 2. The molecule has 2 N–H and O–H groups in total. The second kappa shape index (κ2) is 2.99. The molecular weight excluding hydrogens is 92.1 g/mol. The summed E-state index contributed by atoms with van der Waals surface area (Å²) in [7, 11) is 0. The minimum atomic E-state index is -0.579. The summed E-state index contributed by atoms with van der Waals surface area (Å²) in [5.74, 6) is 0. The van der Waals surface area contributed by atoms with Gasteiger partial charge in [0.25, 0.3) is 0 Å². The van der Waals surface area contributed by atoms with E-state index < -0.39 is 12.2 Å². The average molecular weight is 104 g/mol. The fraction of sp³-hybridized carbons (Fsp3) is 1.00. The zero-order valence-electron chi connectivity index (χ0n) is 4.76. The third kappa shape index (κ3) is 2.60. The first kappa shape index (κ1) is 6.92. The van der Waals surface area contributed by atoms with Gasteiger partial charge >= 0.3 is 0 Å². The summed E-state index contributed by atoms with van der Waals surface area (Å²) in [6.45, 7) is 3.41. The Labute approximate surface area is 43.8 Å². The maximum absolute atomic E-state index is 8.69. The van der Waals surface area contributed by atoms with Crippen molar-refractivity contribution in [3.05, 3.63) is 0 Å². The van der Waals surface area contributed by atoms with E-state index in [1.54, 1.807) is 6.92 Å². The van der Waals surface area contributed by atoms with E-state index in [9.17, 15) is 0 Å². The molecule has 0 aromatic carbocycles. The molecule has 0 aliphatic heterocycles. The number of aliphatic hydroxyl groups is 2. The van der Waals surface area contributed by atoms with Crippen LogP contribution < -0.4 is 0 Å². The molecule has 0 aliphatic carbocycles. The van der Waals surface area contributed by atoms with Gasteiger partial charge in [-0.2, -0.15) is 0 Å². The summed E-state index contributed by atoms with van der Waals surface area (Å²) in [6.07, 6.45) is -0.498. The van der Waals surface area contributed by atoms with Crippen LogP contribution >= 0.6 is 0 Å². The Morgan fingerprint density at radius 2 is 1.86 bits per heavy atom. The van der Waals surface area contributed by atoms with E-state index in [1.165, 1.54) is 0 Å². The second-order valence-electron chi connectivity index (χ2n) is 1.72. The molecule has 1 unspecified atom stereocenters. The highest BCUT2D eigenvalue weighted by Gasteiger charge is 2.05. The largest absolute Gasteiger partial charge is 0.391 e. The summed E-state index contributed by atoms with van der Waals surface area (Å²) in [4.78, 5) is 0. The van der Waals surface area contributed by atoms with Gasteiger partial charge in [0.15, 0.2) is 0 Å². The summed E-state index contributed by atoms with van der Waals surface area (Å²) < 4.78 is 0. The van der Waals surface area contributed by atoms with Crippen molar-refractivity contribution in [2.45, 2.75) is 32.5 Å². The maximum Gasteiger partial charge on any atom is 0.0793 e. The van der Waals surface area contributed by atoms with Gasteiger partial charge in [0.1, 0.15) is 0 Å². The van der Waals surface area contributed by atoms with Gasteiger partial charge in [0.05, 0.1) is 12.2 Å². The van der Waals surface area contributed by atoms with Gasteiger partial charge in [-0.3, -0.25) is 0 Å². The van der Waals surface area contributed by atoms with Crippen LogP contribution in [0.15, 0.2) is 0 Å². The van der Waals surface area contributed by atoms with Gasteiger partial charge in [-0.15, -0.1) is 0 Å². The molecule has 0 saturated carbocycles. The predicted octanol–water partition coefficient (Wildman–Crippen LogP) is 0.138. The van der Waals surface area contributed by atoms with Crippen LogP contribution in [0, 0.1) is 0 Å². The molecule has 0 fully saturated rings. The molecule has 0 aromatic rings. The third-order valence-corrected chi connectivity index (χ3v) is 0.975. The quantitative estimate of drug-likeness (QED) is 0.523. The lowest BCUT2D eigenvalue weighted by molar-refractivity contribution is 0.0294. The Morgan fingerprint density at radius 1 is 1.43 bits per heavy atom. The highest BCUT2D eigenvalue weighted by Crippen LogP contribution is 1.94. The Balaban J connectivity index is 3.14. The van der Waals surface area contributed by atoms with Gasteiger partial charge in [0, 0.05) is 0 Å². The molecule has 0 rings (SSSR count). The van der Waals surface area contributed by atoms with Crippen LogP contribution in [0.4, 0.5) is 0 Å². The summed E-state index contributed by atoms with van der Waals surface area (Å²) in [6, 6.07) is 0. The van der Waals surface area contributed by atoms with E-state index >= 15 is 0 Å². The number of hydrogen-bond donors (Lipinski definition) is 2. The molecule has 0 aromatic heterocycles. The smallest absolute Gasteiger partial charge is 0.0793 e. The van der Waals surface area contributed by atoms with Gasteiger partial charge < -0.3 is 10.2 Å². The molecule has 7 heavy (non-hydrogen) atoms. The Kier molecular flexibility index (Phi) is 2.96. The van der Waals surface area contributed by atoms with Crippen molar-refractivity contribution in [2.24, 2.45) is 0 Å². The van der Waals surface area contributed by atoms with Crippen molar-refractivity contribution in [3.63, 3.8) is 0 Å². The van der Waals surface area contributed by atoms with Gasteiger partial charge in [-0.25, -0.2) is 0 Å². The summed E-state index contributed by atoms with van der Waals surface area (Å²) in [5, 5.41) is 17.3. The Hall–Kier alpha value is -0.0800. The first-order chi connectivity index (χ1) is 3.18. The van der Waals surface area contributed by atoms with Crippen LogP contribution in [-0.2, 0) is 0 Å². The van der Waals surface area contributed by atoms with Gasteiger partial charge in [-0.05, 0) is 13.3 Å². The first-order valence-electron chi connectivity index (χ1n) is 2.54. The molecule has 0 saturated heterocycles. The molecular formula is C5H12O2. The topological polar surface area (TPSA) is 40.5 Å². The molecule has 0 amide bonds. The normalized spacial score (nSPS) is 18.9. The van der Waals surface area contributed by atoms with Crippen LogP contribution in [-0.4, -0.2) is 22.4 Å². The van der Waals surface area contributed by atoms with Crippen molar-refractivity contribution in [1.29, 1.82) is 0 Å². The van der Waals surface area contributed by atoms with E-state index in [0.29, 0.717) is 6.42 Å². The van der Waals surface area contributed by atoms with Crippen molar-refractivity contribution >= 4 is 0 Å². The zero-order chi connectivity index (χ0) is 5.86. The average Bonchev–Trinajstić information content (AvgIpc) is 1.65. The van der Waals surface area contributed by atoms with Crippen molar-refractivity contribution in [1.82, 2.24) is 0 Å². The summed E-state index contributed by atoms with van der Waals surface area (Å²) in [5.41, 5.74) is 0. The third-order valence-electron chi connectivity index (χ3n) is 0.975. The Bertz CT molecular complexity index is 43.3.